The van der Waals surface area contributed by atoms with Crippen LogP contribution in [0, 0.1) is 0 Å². The van der Waals surface area contributed by atoms with E-state index in [-0.39, 0.29) is 0 Å². The minimum atomic E-state index is 0.668. The summed E-state index contributed by atoms with van der Waals surface area (Å²) in [5.41, 5.74) is 1.77. The van der Waals surface area contributed by atoms with Gasteiger partial charge in [-0.3, -0.25) is 0 Å². The summed E-state index contributed by atoms with van der Waals surface area (Å²) in [6.45, 7) is 0.677. The summed E-state index contributed by atoms with van der Waals surface area (Å²) in [5, 5.41) is 6.99. The van der Waals surface area contributed by atoms with Crippen LogP contribution in [-0.4, -0.2) is 26.4 Å². The Balaban J connectivity index is 2.31. The van der Waals surface area contributed by atoms with E-state index in [4.69, 9.17) is 14.0 Å². The second-order valence-corrected chi connectivity index (χ2v) is 3.78. The van der Waals surface area contributed by atoms with E-state index in [9.17, 15) is 0 Å². The fourth-order valence-corrected chi connectivity index (χ4v) is 1.70. The molecule has 96 valence electrons. The van der Waals surface area contributed by atoms with Crippen LogP contribution in [0.25, 0.3) is 11.3 Å². The molecule has 0 saturated heterocycles. The van der Waals surface area contributed by atoms with Gasteiger partial charge in [-0.25, -0.2) is 0 Å². The Morgan fingerprint density at radius 1 is 1.17 bits per heavy atom. The maximum Gasteiger partial charge on any atom is 0.167 e. The maximum atomic E-state index is 5.29. The molecule has 0 amide bonds. The third-order valence-corrected chi connectivity index (χ3v) is 2.58. The average molecular weight is 248 g/mol. The second kappa shape index (κ2) is 5.55. The van der Waals surface area contributed by atoms with Crippen molar-refractivity contribution in [1.29, 1.82) is 0 Å². The molecule has 0 atom stereocenters. The van der Waals surface area contributed by atoms with E-state index < -0.39 is 0 Å². The minimum absolute atomic E-state index is 0.668. The molecule has 2 aromatic rings. The van der Waals surface area contributed by atoms with Gasteiger partial charge in [0.25, 0.3) is 0 Å². The first-order chi connectivity index (χ1) is 8.78. The normalized spacial score (nSPS) is 10.4. The van der Waals surface area contributed by atoms with Crippen molar-refractivity contribution < 1.29 is 14.0 Å². The molecule has 0 bridgehead atoms. The molecular formula is C13H16N2O3. The van der Waals surface area contributed by atoms with E-state index in [1.54, 1.807) is 14.2 Å². The molecule has 1 heterocycles. The van der Waals surface area contributed by atoms with Gasteiger partial charge in [0.2, 0.25) is 0 Å². The SMILES string of the molecule is CNCc1cc(-c2ccc(OC)c(OC)c2)on1. The smallest absolute Gasteiger partial charge is 0.167 e. The van der Waals surface area contributed by atoms with Crippen LogP contribution in [0.1, 0.15) is 5.69 Å². The van der Waals surface area contributed by atoms with Gasteiger partial charge in [0.15, 0.2) is 17.3 Å². The Morgan fingerprint density at radius 3 is 2.61 bits per heavy atom. The first-order valence-electron chi connectivity index (χ1n) is 5.61. The van der Waals surface area contributed by atoms with E-state index in [0.29, 0.717) is 23.8 Å². The van der Waals surface area contributed by atoms with Crippen molar-refractivity contribution in [2.45, 2.75) is 6.54 Å². The summed E-state index contributed by atoms with van der Waals surface area (Å²) in [5.74, 6) is 2.07. The van der Waals surface area contributed by atoms with Crippen LogP contribution in [0.15, 0.2) is 28.8 Å². The zero-order valence-corrected chi connectivity index (χ0v) is 10.7. The molecule has 5 heteroatoms. The lowest BCUT2D eigenvalue weighted by Crippen LogP contribution is -2.04. The monoisotopic (exact) mass is 248 g/mol. The molecule has 0 spiro atoms. The summed E-state index contributed by atoms with van der Waals surface area (Å²) in [7, 11) is 5.08. The third-order valence-electron chi connectivity index (χ3n) is 2.58. The topological polar surface area (TPSA) is 56.5 Å². The zero-order chi connectivity index (χ0) is 13.0. The number of nitrogens with zero attached hydrogens (tertiary/aromatic N) is 1. The Labute approximate surface area is 106 Å². The van der Waals surface area contributed by atoms with Crippen LogP contribution < -0.4 is 14.8 Å². The second-order valence-electron chi connectivity index (χ2n) is 3.78. The van der Waals surface area contributed by atoms with Gasteiger partial charge >= 0.3 is 0 Å². The van der Waals surface area contributed by atoms with Crippen molar-refractivity contribution in [3.8, 4) is 22.8 Å². The molecule has 0 aliphatic rings. The molecule has 0 radical (unpaired) electrons. The molecule has 0 fully saturated rings. The maximum absolute atomic E-state index is 5.29. The van der Waals surface area contributed by atoms with Crippen molar-refractivity contribution in [3.63, 3.8) is 0 Å². The van der Waals surface area contributed by atoms with Gasteiger partial charge in [0, 0.05) is 18.2 Å². The first-order valence-corrected chi connectivity index (χ1v) is 5.61. The molecule has 18 heavy (non-hydrogen) atoms. The van der Waals surface area contributed by atoms with Gasteiger partial charge in [-0.1, -0.05) is 5.16 Å². The fraction of sp³-hybridized carbons (Fsp3) is 0.308. The Bertz CT molecular complexity index is 523. The minimum Gasteiger partial charge on any atom is -0.493 e. The Morgan fingerprint density at radius 2 is 1.94 bits per heavy atom. The van der Waals surface area contributed by atoms with Gasteiger partial charge in [-0.15, -0.1) is 0 Å². The lowest BCUT2D eigenvalue weighted by molar-refractivity contribution is 0.355. The van der Waals surface area contributed by atoms with Crippen molar-refractivity contribution >= 4 is 0 Å². The third kappa shape index (κ3) is 2.46. The number of ether oxygens (including phenoxy) is 2. The predicted molar refractivity (Wildman–Crippen MR) is 67.8 cm³/mol. The van der Waals surface area contributed by atoms with Crippen LogP contribution in [0.2, 0.25) is 0 Å². The molecule has 0 aliphatic heterocycles. The summed E-state index contributed by atoms with van der Waals surface area (Å²) in [6, 6.07) is 7.51. The van der Waals surface area contributed by atoms with Gasteiger partial charge in [0.05, 0.1) is 19.9 Å². The van der Waals surface area contributed by atoms with Crippen molar-refractivity contribution in [2.75, 3.05) is 21.3 Å². The van der Waals surface area contributed by atoms with Crippen LogP contribution in [-0.2, 0) is 6.54 Å². The number of hydrogen-bond acceptors (Lipinski definition) is 5. The Kier molecular flexibility index (Phi) is 3.84. The van der Waals surface area contributed by atoms with Gasteiger partial charge in [-0.2, -0.15) is 0 Å². The highest BCUT2D eigenvalue weighted by molar-refractivity contribution is 5.62. The van der Waals surface area contributed by atoms with Gasteiger partial charge < -0.3 is 19.3 Å². The molecule has 5 nitrogen and oxygen atoms in total. The van der Waals surface area contributed by atoms with E-state index >= 15 is 0 Å². The standard InChI is InChI=1S/C13H16N2O3/c1-14-8-10-7-12(18-15-10)9-4-5-11(16-2)13(6-9)17-3/h4-7,14H,8H2,1-3H3. The number of rotatable bonds is 5. The molecule has 2 rings (SSSR count). The quantitative estimate of drug-likeness (QED) is 0.878. The highest BCUT2D eigenvalue weighted by Gasteiger charge is 2.10. The van der Waals surface area contributed by atoms with Crippen LogP contribution in [0.5, 0.6) is 11.5 Å². The van der Waals surface area contributed by atoms with E-state index in [1.807, 2.05) is 31.3 Å². The molecular weight excluding hydrogens is 232 g/mol. The van der Waals surface area contributed by atoms with Crippen molar-refractivity contribution in [2.24, 2.45) is 0 Å². The van der Waals surface area contributed by atoms with E-state index in [1.165, 1.54) is 0 Å². The largest absolute Gasteiger partial charge is 0.493 e. The lowest BCUT2D eigenvalue weighted by Gasteiger charge is -2.07. The van der Waals surface area contributed by atoms with Gasteiger partial charge in [0.1, 0.15) is 0 Å². The molecule has 0 saturated carbocycles. The Hall–Kier alpha value is -2.01. The fourth-order valence-electron chi connectivity index (χ4n) is 1.70. The summed E-state index contributed by atoms with van der Waals surface area (Å²) < 4.78 is 15.7. The molecule has 0 unspecified atom stereocenters. The zero-order valence-electron chi connectivity index (χ0n) is 10.7. The molecule has 1 N–H and O–H groups in total. The predicted octanol–water partition coefficient (Wildman–Crippen LogP) is 2.08. The van der Waals surface area contributed by atoms with E-state index in [2.05, 4.69) is 10.5 Å². The summed E-state index contributed by atoms with van der Waals surface area (Å²) in [6.07, 6.45) is 0. The van der Waals surface area contributed by atoms with Crippen LogP contribution in [0.4, 0.5) is 0 Å². The van der Waals surface area contributed by atoms with Gasteiger partial charge in [-0.05, 0) is 25.2 Å². The number of hydrogen-bond donors (Lipinski definition) is 1. The number of nitrogens with one attached hydrogen (secondary N) is 1. The summed E-state index contributed by atoms with van der Waals surface area (Å²) in [4.78, 5) is 0. The number of methoxy groups -OCH3 is 2. The van der Waals surface area contributed by atoms with Crippen LogP contribution >= 0.6 is 0 Å². The summed E-state index contributed by atoms with van der Waals surface area (Å²) >= 11 is 0. The average Bonchev–Trinajstić information content (AvgIpc) is 2.87. The van der Waals surface area contributed by atoms with Crippen molar-refractivity contribution in [3.05, 3.63) is 30.0 Å². The number of benzene rings is 1. The molecule has 1 aromatic heterocycles. The highest BCUT2D eigenvalue weighted by atomic mass is 16.5. The molecule has 1 aromatic carbocycles. The molecule has 0 aliphatic carbocycles. The van der Waals surface area contributed by atoms with Crippen molar-refractivity contribution in [1.82, 2.24) is 10.5 Å². The lowest BCUT2D eigenvalue weighted by atomic mass is 10.1. The first kappa shape index (κ1) is 12.4. The van der Waals surface area contributed by atoms with Crippen LogP contribution in [0.3, 0.4) is 0 Å². The highest BCUT2D eigenvalue weighted by Crippen LogP contribution is 2.32. The number of aromatic nitrogens is 1. The van der Waals surface area contributed by atoms with E-state index in [0.717, 1.165) is 11.3 Å².